The van der Waals surface area contributed by atoms with Gasteiger partial charge in [-0.05, 0) is 56.5 Å². The van der Waals surface area contributed by atoms with Crippen LogP contribution in [0.4, 0.5) is 13.2 Å². The zero-order chi connectivity index (χ0) is 18.1. The average molecular weight is 335 g/mol. The Balaban J connectivity index is 2.53. The van der Waals surface area contributed by atoms with Gasteiger partial charge in [0.15, 0.2) is 0 Å². The van der Waals surface area contributed by atoms with Crippen molar-refractivity contribution < 1.29 is 18.0 Å². The largest absolute Gasteiger partial charge is 0.416 e. The maximum atomic E-state index is 13.1. The van der Waals surface area contributed by atoms with E-state index in [1.165, 1.54) is 13.0 Å². The van der Waals surface area contributed by atoms with Gasteiger partial charge in [-0.1, -0.05) is 30.3 Å². The van der Waals surface area contributed by atoms with Gasteiger partial charge in [-0.3, -0.25) is 4.79 Å². The lowest BCUT2D eigenvalue weighted by molar-refractivity contribution is -0.138. The van der Waals surface area contributed by atoms with Crippen molar-refractivity contribution in [2.45, 2.75) is 39.4 Å². The van der Waals surface area contributed by atoms with Gasteiger partial charge in [0, 0.05) is 11.1 Å². The van der Waals surface area contributed by atoms with E-state index < -0.39 is 17.3 Å². The summed E-state index contributed by atoms with van der Waals surface area (Å²) in [6.07, 6.45) is -4.43. The van der Waals surface area contributed by atoms with Crippen LogP contribution in [0.1, 0.15) is 42.3 Å². The minimum absolute atomic E-state index is 0.155. The van der Waals surface area contributed by atoms with Crippen molar-refractivity contribution in [2.75, 3.05) is 0 Å². The zero-order valence-corrected chi connectivity index (χ0v) is 14.1. The summed E-state index contributed by atoms with van der Waals surface area (Å²) in [4.78, 5) is 12.5. The molecule has 0 saturated carbocycles. The lowest BCUT2D eigenvalue weighted by Gasteiger charge is -2.22. The number of aryl methyl sites for hydroxylation is 1. The summed E-state index contributed by atoms with van der Waals surface area (Å²) >= 11 is 0. The lowest BCUT2D eigenvalue weighted by Crippen LogP contribution is -2.40. The molecule has 0 atom stereocenters. The van der Waals surface area contributed by atoms with E-state index in [2.05, 4.69) is 5.32 Å². The number of halogens is 3. The molecule has 24 heavy (non-hydrogen) atoms. The third-order valence-electron chi connectivity index (χ3n) is 3.51. The van der Waals surface area contributed by atoms with Gasteiger partial charge in [0.05, 0.1) is 5.56 Å². The normalized spacial score (nSPS) is 12.1. The second kappa shape index (κ2) is 6.30. The fourth-order valence-electron chi connectivity index (χ4n) is 2.44. The van der Waals surface area contributed by atoms with Crippen LogP contribution in [0.5, 0.6) is 0 Å². The van der Waals surface area contributed by atoms with Crippen molar-refractivity contribution in [2.24, 2.45) is 0 Å². The number of amides is 1. The Morgan fingerprint density at radius 1 is 1.00 bits per heavy atom. The van der Waals surface area contributed by atoms with Crippen LogP contribution in [0.3, 0.4) is 0 Å². The third-order valence-corrected chi connectivity index (χ3v) is 3.51. The summed E-state index contributed by atoms with van der Waals surface area (Å²) in [5.41, 5.74) is 0.227. The predicted octanol–water partition coefficient (Wildman–Crippen LogP) is 5.21. The van der Waals surface area contributed by atoms with E-state index in [0.29, 0.717) is 16.7 Å². The molecule has 2 aromatic carbocycles. The first kappa shape index (κ1) is 18.0. The molecular weight excluding hydrogens is 315 g/mol. The van der Waals surface area contributed by atoms with Gasteiger partial charge in [0.1, 0.15) is 0 Å². The van der Waals surface area contributed by atoms with E-state index >= 15 is 0 Å². The van der Waals surface area contributed by atoms with Gasteiger partial charge in [-0.25, -0.2) is 0 Å². The minimum atomic E-state index is -4.43. The fraction of sp³-hybridized carbons (Fsp3) is 0.316. The van der Waals surface area contributed by atoms with Crippen molar-refractivity contribution in [1.82, 2.24) is 5.32 Å². The first-order chi connectivity index (χ1) is 11.0. The Morgan fingerprint density at radius 2 is 1.62 bits per heavy atom. The molecule has 0 fully saturated rings. The molecule has 0 aliphatic carbocycles. The van der Waals surface area contributed by atoms with Crippen LogP contribution in [0.15, 0.2) is 42.5 Å². The number of nitrogens with one attached hydrogen (secondary N) is 1. The molecule has 1 N–H and O–H groups in total. The summed E-state index contributed by atoms with van der Waals surface area (Å²) in [6, 6.07) is 10.8. The van der Waals surface area contributed by atoms with Gasteiger partial charge < -0.3 is 5.32 Å². The van der Waals surface area contributed by atoms with E-state index in [4.69, 9.17) is 0 Å². The number of hydrogen-bond donors (Lipinski definition) is 1. The number of rotatable bonds is 2. The molecule has 1 amide bonds. The van der Waals surface area contributed by atoms with E-state index in [9.17, 15) is 18.0 Å². The summed E-state index contributed by atoms with van der Waals surface area (Å²) < 4.78 is 39.4. The number of alkyl halides is 3. The standard InChI is InChI=1S/C19H20F3NO/c1-12-9-10-13(11-16(12)19(20,21)22)14-7-5-6-8-15(14)17(24)23-18(2,3)4/h5-11H,1-4H3,(H,23,24). The molecular formula is C19H20F3NO. The molecule has 0 spiro atoms. The van der Waals surface area contributed by atoms with E-state index in [0.717, 1.165) is 6.07 Å². The van der Waals surface area contributed by atoms with Gasteiger partial charge in [-0.2, -0.15) is 13.2 Å². The molecule has 0 aromatic heterocycles. The maximum Gasteiger partial charge on any atom is 0.416 e. The van der Waals surface area contributed by atoms with Gasteiger partial charge in [0.2, 0.25) is 0 Å². The quantitative estimate of drug-likeness (QED) is 0.802. The third kappa shape index (κ3) is 4.16. The highest BCUT2D eigenvalue weighted by Gasteiger charge is 2.32. The molecule has 5 heteroatoms. The molecule has 0 heterocycles. The van der Waals surface area contributed by atoms with Crippen LogP contribution < -0.4 is 5.32 Å². The van der Waals surface area contributed by atoms with Gasteiger partial charge >= 0.3 is 6.18 Å². The number of carbonyl (C=O) groups is 1. The topological polar surface area (TPSA) is 29.1 Å². The van der Waals surface area contributed by atoms with Crippen LogP contribution in [-0.4, -0.2) is 11.4 Å². The second-order valence-corrected chi connectivity index (χ2v) is 6.78. The molecule has 2 nitrogen and oxygen atoms in total. The SMILES string of the molecule is Cc1ccc(-c2ccccc2C(=O)NC(C)(C)C)cc1C(F)(F)F. The van der Waals surface area contributed by atoms with Crippen molar-refractivity contribution in [3.8, 4) is 11.1 Å². The van der Waals surface area contributed by atoms with Gasteiger partial charge in [0.25, 0.3) is 5.91 Å². The molecule has 0 radical (unpaired) electrons. The smallest absolute Gasteiger partial charge is 0.347 e. The Labute approximate surface area is 139 Å². The van der Waals surface area contributed by atoms with Crippen molar-refractivity contribution in [3.05, 3.63) is 59.2 Å². The monoisotopic (exact) mass is 335 g/mol. The maximum absolute atomic E-state index is 13.1. The lowest BCUT2D eigenvalue weighted by atomic mass is 9.95. The Bertz CT molecular complexity index is 758. The molecule has 2 aromatic rings. The number of benzene rings is 2. The van der Waals surface area contributed by atoms with Gasteiger partial charge in [-0.15, -0.1) is 0 Å². The second-order valence-electron chi connectivity index (χ2n) is 6.78. The summed E-state index contributed by atoms with van der Waals surface area (Å²) in [5, 5.41) is 2.84. The Morgan fingerprint density at radius 3 is 2.21 bits per heavy atom. The van der Waals surface area contributed by atoms with E-state index in [-0.39, 0.29) is 11.5 Å². The van der Waals surface area contributed by atoms with Crippen LogP contribution in [0.2, 0.25) is 0 Å². The molecule has 128 valence electrons. The van der Waals surface area contributed by atoms with E-state index in [1.54, 1.807) is 30.3 Å². The van der Waals surface area contributed by atoms with E-state index in [1.807, 2.05) is 20.8 Å². The van der Waals surface area contributed by atoms with Crippen LogP contribution in [0.25, 0.3) is 11.1 Å². The summed E-state index contributed by atoms with van der Waals surface area (Å²) in [6.45, 7) is 6.97. The van der Waals surface area contributed by atoms with Crippen molar-refractivity contribution >= 4 is 5.91 Å². The Kier molecular flexibility index (Phi) is 4.74. The molecule has 0 saturated heterocycles. The van der Waals surface area contributed by atoms with Crippen LogP contribution in [0, 0.1) is 6.92 Å². The minimum Gasteiger partial charge on any atom is -0.347 e. The average Bonchev–Trinajstić information content (AvgIpc) is 2.45. The first-order valence-corrected chi connectivity index (χ1v) is 7.59. The highest BCUT2D eigenvalue weighted by Crippen LogP contribution is 2.35. The molecule has 0 aliphatic rings. The zero-order valence-electron chi connectivity index (χ0n) is 14.1. The van der Waals surface area contributed by atoms with Crippen molar-refractivity contribution in [3.63, 3.8) is 0 Å². The summed E-state index contributed by atoms with van der Waals surface area (Å²) in [5.74, 6) is -0.313. The molecule has 0 aliphatic heterocycles. The Hall–Kier alpha value is -2.30. The number of hydrogen-bond acceptors (Lipinski definition) is 1. The molecule has 0 bridgehead atoms. The molecule has 0 unspecified atom stereocenters. The summed E-state index contributed by atoms with van der Waals surface area (Å²) in [7, 11) is 0. The van der Waals surface area contributed by atoms with Crippen LogP contribution in [-0.2, 0) is 6.18 Å². The predicted molar refractivity (Wildman–Crippen MR) is 88.8 cm³/mol. The first-order valence-electron chi connectivity index (χ1n) is 7.59. The number of carbonyl (C=O) groups excluding carboxylic acids is 1. The van der Waals surface area contributed by atoms with Crippen molar-refractivity contribution in [1.29, 1.82) is 0 Å². The highest BCUT2D eigenvalue weighted by atomic mass is 19.4. The van der Waals surface area contributed by atoms with Crippen LogP contribution >= 0.6 is 0 Å². The molecule has 2 rings (SSSR count). The fourth-order valence-corrected chi connectivity index (χ4v) is 2.44. The highest BCUT2D eigenvalue weighted by molar-refractivity contribution is 6.01.